The van der Waals surface area contributed by atoms with Gasteiger partial charge in [-0.3, -0.25) is 14.8 Å². The van der Waals surface area contributed by atoms with Gasteiger partial charge in [-0.1, -0.05) is 22.8 Å². The molecule has 2 aromatic heterocycles. The molecule has 0 radical (unpaired) electrons. The fourth-order valence-corrected chi connectivity index (χ4v) is 3.73. The van der Waals surface area contributed by atoms with Crippen molar-refractivity contribution in [2.45, 2.75) is 26.4 Å². The number of aryl methyl sites for hydroxylation is 1. The molecular weight excluding hydrogens is 350 g/mol. The molecule has 3 heterocycles. The quantitative estimate of drug-likeness (QED) is 0.700. The van der Waals surface area contributed by atoms with E-state index in [9.17, 15) is 0 Å². The van der Waals surface area contributed by atoms with E-state index in [1.165, 1.54) is 5.56 Å². The number of fused-ring (bicyclic) bond motifs is 1. The lowest BCUT2D eigenvalue weighted by molar-refractivity contribution is 0.0847. The average molecular weight is 372 g/mol. The normalized spacial score (nSPS) is 17.7. The largest absolute Gasteiger partial charge is 0.338 e. The molecule has 26 heavy (non-hydrogen) atoms. The summed E-state index contributed by atoms with van der Waals surface area (Å²) in [7, 11) is 0. The summed E-state index contributed by atoms with van der Waals surface area (Å²) in [4.78, 5) is 13.8. The van der Waals surface area contributed by atoms with E-state index in [1.807, 2.05) is 31.3 Å². The summed E-state index contributed by atoms with van der Waals surface area (Å²) < 4.78 is 5.32. The maximum absolute atomic E-state index is 6.31. The Morgan fingerprint density at radius 1 is 1.19 bits per heavy atom. The van der Waals surface area contributed by atoms with Gasteiger partial charge in [-0.25, -0.2) is 0 Å². The van der Waals surface area contributed by atoms with E-state index in [4.69, 9.17) is 16.1 Å². The summed E-state index contributed by atoms with van der Waals surface area (Å²) in [5.41, 5.74) is 2.22. The first-order chi connectivity index (χ1) is 12.6. The molecule has 1 aliphatic heterocycles. The Morgan fingerprint density at radius 2 is 2.00 bits per heavy atom. The zero-order valence-corrected chi connectivity index (χ0v) is 15.8. The van der Waals surface area contributed by atoms with Crippen LogP contribution in [-0.2, 0) is 6.54 Å². The fourth-order valence-electron chi connectivity index (χ4n) is 3.51. The molecule has 0 amide bonds. The summed E-state index contributed by atoms with van der Waals surface area (Å²) in [6, 6.07) is 8.17. The topological polar surface area (TPSA) is 58.3 Å². The monoisotopic (exact) mass is 371 g/mol. The Bertz CT molecular complexity index is 904. The Morgan fingerprint density at radius 3 is 2.73 bits per heavy atom. The number of hydrogen-bond acceptors (Lipinski definition) is 6. The Balaban J connectivity index is 1.42. The van der Waals surface area contributed by atoms with Crippen molar-refractivity contribution in [1.29, 1.82) is 0 Å². The minimum atomic E-state index is 0.149. The number of benzene rings is 1. The van der Waals surface area contributed by atoms with Gasteiger partial charge < -0.3 is 4.52 Å². The first-order valence-corrected chi connectivity index (χ1v) is 9.28. The van der Waals surface area contributed by atoms with Gasteiger partial charge in [-0.2, -0.15) is 4.98 Å². The molecule has 0 N–H and O–H groups in total. The second-order valence-corrected chi connectivity index (χ2v) is 7.18. The van der Waals surface area contributed by atoms with Crippen LogP contribution in [0.3, 0.4) is 0 Å². The number of nitrogens with zero attached hydrogens (tertiary/aromatic N) is 5. The minimum absolute atomic E-state index is 0.149. The van der Waals surface area contributed by atoms with Crippen LogP contribution < -0.4 is 0 Å². The molecule has 7 heteroatoms. The van der Waals surface area contributed by atoms with Crippen LogP contribution in [0.4, 0.5) is 0 Å². The van der Waals surface area contributed by atoms with Gasteiger partial charge in [0.05, 0.1) is 11.6 Å². The summed E-state index contributed by atoms with van der Waals surface area (Å²) >= 11 is 6.31. The van der Waals surface area contributed by atoms with E-state index in [0.29, 0.717) is 11.7 Å². The minimum Gasteiger partial charge on any atom is -0.338 e. The predicted molar refractivity (Wildman–Crippen MR) is 101 cm³/mol. The van der Waals surface area contributed by atoms with Crippen LogP contribution in [0.2, 0.25) is 5.02 Å². The van der Waals surface area contributed by atoms with Gasteiger partial charge in [0.15, 0.2) is 5.82 Å². The molecule has 1 atom stereocenters. The molecule has 1 saturated heterocycles. The molecule has 1 unspecified atom stereocenters. The molecule has 6 nitrogen and oxygen atoms in total. The van der Waals surface area contributed by atoms with Crippen LogP contribution in [0.5, 0.6) is 0 Å². The number of rotatable bonds is 4. The third-order valence-corrected chi connectivity index (χ3v) is 5.38. The van der Waals surface area contributed by atoms with E-state index in [1.54, 1.807) is 0 Å². The van der Waals surface area contributed by atoms with Crippen LogP contribution in [-0.4, -0.2) is 51.1 Å². The molecule has 0 spiro atoms. The lowest BCUT2D eigenvalue weighted by Gasteiger charge is -2.36. The predicted octanol–water partition coefficient (Wildman–Crippen LogP) is 3.46. The van der Waals surface area contributed by atoms with Crippen molar-refractivity contribution < 1.29 is 4.52 Å². The summed E-state index contributed by atoms with van der Waals surface area (Å²) in [5, 5.41) is 5.67. The summed E-state index contributed by atoms with van der Waals surface area (Å²) in [6.45, 7) is 8.79. The van der Waals surface area contributed by atoms with Gasteiger partial charge in [0.25, 0.3) is 0 Å². The number of pyridine rings is 1. The van der Waals surface area contributed by atoms with E-state index >= 15 is 0 Å². The molecule has 1 fully saturated rings. The first-order valence-electron chi connectivity index (χ1n) is 8.90. The molecule has 0 saturated carbocycles. The number of piperazine rings is 1. The van der Waals surface area contributed by atoms with E-state index in [-0.39, 0.29) is 6.04 Å². The molecule has 0 aliphatic carbocycles. The smallest absolute Gasteiger partial charge is 0.243 e. The molecule has 1 aromatic carbocycles. The van der Waals surface area contributed by atoms with Crippen molar-refractivity contribution in [2.24, 2.45) is 0 Å². The van der Waals surface area contributed by atoms with Crippen molar-refractivity contribution >= 4 is 22.5 Å². The zero-order chi connectivity index (χ0) is 18.1. The van der Waals surface area contributed by atoms with E-state index in [0.717, 1.165) is 48.6 Å². The SMILES string of the molecule is Cc1noc(C(C)N2CCN(Cc3ccc(Cl)c4cccnc34)CC2)n1. The highest BCUT2D eigenvalue weighted by Gasteiger charge is 2.25. The molecule has 1 aliphatic rings. The highest BCUT2D eigenvalue weighted by atomic mass is 35.5. The van der Waals surface area contributed by atoms with E-state index < -0.39 is 0 Å². The summed E-state index contributed by atoms with van der Waals surface area (Å²) in [6.07, 6.45) is 1.83. The molecule has 136 valence electrons. The Labute approximate surface area is 157 Å². The molecule has 0 bridgehead atoms. The van der Waals surface area contributed by atoms with Gasteiger partial charge in [-0.05, 0) is 37.6 Å². The highest BCUT2D eigenvalue weighted by molar-refractivity contribution is 6.35. The van der Waals surface area contributed by atoms with Gasteiger partial charge >= 0.3 is 0 Å². The van der Waals surface area contributed by atoms with Crippen molar-refractivity contribution in [3.8, 4) is 0 Å². The fraction of sp³-hybridized carbons (Fsp3) is 0.421. The highest BCUT2D eigenvalue weighted by Crippen LogP contribution is 2.26. The van der Waals surface area contributed by atoms with E-state index in [2.05, 4.69) is 37.9 Å². The van der Waals surface area contributed by atoms with Crippen molar-refractivity contribution in [3.63, 3.8) is 0 Å². The molecule has 3 aromatic rings. The van der Waals surface area contributed by atoms with Crippen molar-refractivity contribution in [2.75, 3.05) is 26.2 Å². The van der Waals surface area contributed by atoms with Crippen LogP contribution >= 0.6 is 11.6 Å². The maximum atomic E-state index is 6.31. The van der Waals surface area contributed by atoms with Crippen molar-refractivity contribution in [1.82, 2.24) is 24.9 Å². The van der Waals surface area contributed by atoms with Gasteiger partial charge in [-0.15, -0.1) is 0 Å². The van der Waals surface area contributed by atoms with Gasteiger partial charge in [0.2, 0.25) is 5.89 Å². The second kappa shape index (κ2) is 7.31. The lowest BCUT2D eigenvalue weighted by atomic mass is 10.1. The maximum Gasteiger partial charge on any atom is 0.243 e. The average Bonchev–Trinajstić information content (AvgIpc) is 3.11. The standard InChI is InChI=1S/C19H22ClN5O/c1-13(19-22-14(2)23-26-19)25-10-8-24(9-11-25)12-15-5-6-17(20)16-4-3-7-21-18(15)16/h3-7,13H,8-12H2,1-2H3. The number of halogens is 1. The van der Waals surface area contributed by atoms with Crippen LogP contribution in [0.15, 0.2) is 35.0 Å². The van der Waals surface area contributed by atoms with Gasteiger partial charge in [0, 0.05) is 49.3 Å². The lowest BCUT2D eigenvalue weighted by Crippen LogP contribution is -2.46. The summed E-state index contributed by atoms with van der Waals surface area (Å²) in [5.74, 6) is 1.39. The van der Waals surface area contributed by atoms with Crippen molar-refractivity contribution in [3.05, 3.63) is 52.8 Å². The van der Waals surface area contributed by atoms with Crippen LogP contribution in [0.25, 0.3) is 10.9 Å². The van der Waals surface area contributed by atoms with Crippen LogP contribution in [0, 0.1) is 6.92 Å². The Kier molecular flexibility index (Phi) is 4.89. The zero-order valence-electron chi connectivity index (χ0n) is 15.0. The van der Waals surface area contributed by atoms with Gasteiger partial charge in [0.1, 0.15) is 0 Å². The molecule has 4 rings (SSSR count). The third kappa shape index (κ3) is 3.45. The number of aromatic nitrogens is 3. The Hall–Kier alpha value is -2.02. The molecular formula is C19H22ClN5O. The van der Waals surface area contributed by atoms with Crippen LogP contribution in [0.1, 0.15) is 30.2 Å². The first kappa shape index (κ1) is 17.4. The second-order valence-electron chi connectivity index (χ2n) is 6.77. The number of hydrogen-bond donors (Lipinski definition) is 0. The third-order valence-electron chi connectivity index (χ3n) is 5.05.